The first-order valence-corrected chi connectivity index (χ1v) is 11.2. The molecule has 4 atom stereocenters. The summed E-state index contributed by atoms with van der Waals surface area (Å²) < 4.78 is 0. The SMILES string of the molecule is C[C@@H](O)[C@H](C(=O)O)c1ccccc1.C[C@H](O)[C@H](C(=O)O)c1ccccc1.O=C(O)Cc1ccccc1. The van der Waals surface area contributed by atoms with Crippen LogP contribution in [0, 0.1) is 0 Å². The molecule has 5 N–H and O–H groups in total. The van der Waals surface area contributed by atoms with E-state index in [0.29, 0.717) is 11.1 Å². The Labute approximate surface area is 210 Å². The molecule has 0 aliphatic heterocycles. The number of hydrogen-bond acceptors (Lipinski definition) is 5. The van der Waals surface area contributed by atoms with Gasteiger partial charge < -0.3 is 25.5 Å². The topological polar surface area (TPSA) is 152 Å². The second-order valence-electron chi connectivity index (χ2n) is 7.99. The lowest BCUT2D eigenvalue weighted by Gasteiger charge is -2.14. The minimum absolute atomic E-state index is 0.112. The van der Waals surface area contributed by atoms with Crippen LogP contribution in [0.2, 0.25) is 0 Å². The Morgan fingerprint density at radius 2 is 0.889 bits per heavy atom. The molecule has 0 aliphatic carbocycles. The zero-order valence-corrected chi connectivity index (χ0v) is 20.1. The van der Waals surface area contributed by atoms with Gasteiger partial charge in [0.2, 0.25) is 0 Å². The quantitative estimate of drug-likeness (QED) is 0.316. The molecular formula is C28H32O8. The minimum atomic E-state index is -0.999. The van der Waals surface area contributed by atoms with Crippen molar-refractivity contribution in [3.05, 3.63) is 108 Å². The molecule has 0 amide bonds. The largest absolute Gasteiger partial charge is 0.481 e. The minimum Gasteiger partial charge on any atom is -0.481 e. The van der Waals surface area contributed by atoms with E-state index in [1.54, 1.807) is 60.7 Å². The first kappa shape index (κ1) is 30.0. The first-order valence-electron chi connectivity index (χ1n) is 11.2. The number of carboxylic acid groups (broad SMARTS) is 3. The molecule has 0 heterocycles. The van der Waals surface area contributed by atoms with E-state index in [1.165, 1.54) is 13.8 Å². The van der Waals surface area contributed by atoms with Crippen LogP contribution in [0.1, 0.15) is 42.4 Å². The molecule has 3 aromatic rings. The Hall–Kier alpha value is -4.01. The van der Waals surface area contributed by atoms with Gasteiger partial charge in [0.15, 0.2) is 0 Å². The van der Waals surface area contributed by atoms with E-state index >= 15 is 0 Å². The molecule has 0 fully saturated rings. The van der Waals surface area contributed by atoms with E-state index < -0.39 is 42.0 Å². The van der Waals surface area contributed by atoms with Crippen molar-refractivity contribution in [1.29, 1.82) is 0 Å². The normalized spacial score (nSPS) is 13.3. The van der Waals surface area contributed by atoms with E-state index in [-0.39, 0.29) is 6.42 Å². The van der Waals surface area contributed by atoms with Crippen LogP contribution in [0.5, 0.6) is 0 Å². The molecule has 192 valence electrons. The fraction of sp³-hybridized carbons (Fsp3) is 0.250. The van der Waals surface area contributed by atoms with Crippen molar-refractivity contribution < 1.29 is 39.9 Å². The second-order valence-corrected chi connectivity index (χ2v) is 7.99. The maximum Gasteiger partial charge on any atom is 0.313 e. The molecule has 0 unspecified atom stereocenters. The van der Waals surface area contributed by atoms with Gasteiger partial charge >= 0.3 is 17.9 Å². The molecule has 0 saturated carbocycles. The highest BCUT2D eigenvalue weighted by Gasteiger charge is 2.25. The summed E-state index contributed by atoms with van der Waals surface area (Å²) >= 11 is 0. The molecule has 0 saturated heterocycles. The maximum atomic E-state index is 10.8. The lowest BCUT2D eigenvalue weighted by molar-refractivity contribution is -0.142. The fourth-order valence-electron chi connectivity index (χ4n) is 3.35. The predicted octanol–water partition coefficient (Wildman–Crippen LogP) is 3.78. The Balaban J connectivity index is 0.000000273. The maximum absolute atomic E-state index is 10.8. The predicted molar refractivity (Wildman–Crippen MR) is 135 cm³/mol. The highest BCUT2D eigenvalue weighted by Crippen LogP contribution is 2.20. The summed E-state index contributed by atoms with van der Waals surface area (Å²) in [6.07, 6.45) is -1.64. The molecule has 0 bridgehead atoms. The van der Waals surface area contributed by atoms with Crippen molar-refractivity contribution in [3.8, 4) is 0 Å². The highest BCUT2D eigenvalue weighted by atomic mass is 16.4. The van der Waals surface area contributed by atoms with Crippen LogP contribution in [0.4, 0.5) is 0 Å². The van der Waals surface area contributed by atoms with E-state index in [4.69, 9.17) is 15.3 Å². The summed E-state index contributed by atoms with van der Waals surface area (Å²) in [6, 6.07) is 26.6. The third-order valence-electron chi connectivity index (χ3n) is 5.01. The summed E-state index contributed by atoms with van der Waals surface area (Å²) in [6.45, 7) is 2.96. The summed E-state index contributed by atoms with van der Waals surface area (Å²) in [5, 5.41) is 44.6. The molecule has 0 aromatic heterocycles. The van der Waals surface area contributed by atoms with Crippen LogP contribution in [-0.4, -0.2) is 55.6 Å². The Morgan fingerprint density at radius 1 is 0.583 bits per heavy atom. The van der Waals surface area contributed by atoms with Crippen LogP contribution in [0.25, 0.3) is 0 Å². The van der Waals surface area contributed by atoms with Gasteiger partial charge in [-0.05, 0) is 30.5 Å². The Morgan fingerprint density at radius 3 is 1.14 bits per heavy atom. The number of aliphatic hydroxyl groups is 2. The third-order valence-corrected chi connectivity index (χ3v) is 5.01. The van der Waals surface area contributed by atoms with Crippen LogP contribution in [0.15, 0.2) is 91.0 Å². The first-order chi connectivity index (χ1) is 17.0. The van der Waals surface area contributed by atoms with Crippen molar-refractivity contribution in [2.45, 2.75) is 44.3 Å². The summed E-state index contributed by atoms with van der Waals surface area (Å²) in [7, 11) is 0. The molecule has 36 heavy (non-hydrogen) atoms. The van der Waals surface area contributed by atoms with Gasteiger partial charge in [0.1, 0.15) is 11.8 Å². The monoisotopic (exact) mass is 496 g/mol. The van der Waals surface area contributed by atoms with Crippen molar-refractivity contribution in [2.75, 3.05) is 0 Å². The molecule has 3 aromatic carbocycles. The van der Waals surface area contributed by atoms with Crippen molar-refractivity contribution in [3.63, 3.8) is 0 Å². The van der Waals surface area contributed by atoms with Crippen LogP contribution in [0.3, 0.4) is 0 Å². The number of hydrogen-bond donors (Lipinski definition) is 5. The van der Waals surface area contributed by atoms with Gasteiger partial charge in [0.05, 0.1) is 18.6 Å². The van der Waals surface area contributed by atoms with Gasteiger partial charge in [-0.25, -0.2) is 0 Å². The molecule has 0 radical (unpaired) electrons. The Bertz CT molecular complexity index is 989. The van der Waals surface area contributed by atoms with E-state index in [1.807, 2.05) is 30.3 Å². The molecule has 3 rings (SSSR count). The van der Waals surface area contributed by atoms with E-state index in [9.17, 15) is 24.6 Å². The van der Waals surface area contributed by atoms with Gasteiger partial charge in [-0.15, -0.1) is 0 Å². The molecule has 8 heteroatoms. The van der Waals surface area contributed by atoms with Crippen molar-refractivity contribution in [1.82, 2.24) is 0 Å². The smallest absolute Gasteiger partial charge is 0.313 e. The Kier molecular flexibility index (Phi) is 13.2. The number of rotatable bonds is 8. The van der Waals surface area contributed by atoms with Gasteiger partial charge in [-0.1, -0.05) is 91.0 Å². The summed E-state index contributed by atoms with van der Waals surface area (Å²) in [5.74, 6) is -4.45. The van der Waals surface area contributed by atoms with E-state index in [0.717, 1.165) is 5.56 Å². The third kappa shape index (κ3) is 10.9. The van der Waals surface area contributed by atoms with Crippen molar-refractivity contribution in [2.24, 2.45) is 0 Å². The number of carbonyl (C=O) groups is 3. The number of benzene rings is 3. The number of aliphatic carboxylic acids is 3. The van der Waals surface area contributed by atoms with E-state index in [2.05, 4.69) is 0 Å². The van der Waals surface area contributed by atoms with Crippen LogP contribution < -0.4 is 0 Å². The van der Waals surface area contributed by atoms with Gasteiger partial charge in [-0.3, -0.25) is 14.4 Å². The number of carboxylic acids is 3. The molecule has 8 nitrogen and oxygen atoms in total. The van der Waals surface area contributed by atoms with Crippen LogP contribution >= 0.6 is 0 Å². The van der Waals surface area contributed by atoms with Crippen molar-refractivity contribution >= 4 is 17.9 Å². The highest BCUT2D eigenvalue weighted by molar-refractivity contribution is 5.77. The van der Waals surface area contributed by atoms with Gasteiger partial charge in [0, 0.05) is 0 Å². The lowest BCUT2D eigenvalue weighted by Crippen LogP contribution is -2.23. The summed E-state index contributed by atoms with van der Waals surface area (Å²) in [5.41, 5.74) is 2.10. The van der Waals surface area contributed by atoms with Gasteiger partial charge in [-0.2, -0.15) is 0 Å². The molecule has 0 spiro atoms. The fourth-order valence-corrected chi connectivity index (χ4v) is 3.35. The van der Waals surface area contributed by atoms with Gasteiger partial charge in [0.25, 0.3) is 0 Å². The molecule has 0 aliphatic rings. The number of aliphatic hydroxyl groups excluding tert-OH is 2. The average Bonchev–Trinajstić information content (AvgIpc) is 2.81. The molecular weight excluding hydrogens is 464 g/mol. The zero-order valence-electron chi connectivity index (χ0n) is 20.1. The standard InChI is InChI=1S/2C10H12O3.C8H8O2/c2*1-7(11)9(10(12)13)8-5-3-2-4-6-8;9-8(10)6-7-4-2-1-3-5-7/h2*2-7,9,11H,1H3,(H,12,13);1-5H,6H2,(H,9,10)/t7-,9+;7-,9-;/m10./s1. The average molecular weight is 497 g/mol. The van der Waals surface area contributed by atoms with Crippen LogP contribution in [-0.2, 0) is 20.8 Å². The zero-order chi connectivity index (χ0) is 27.1. The lowest BCUT2D eigenvalue weighted by atomic mass is 9.95. The summed E-state index contributed by atoms with van der Waals surface area (Å²) in [4.78, 5) is 31.7. The second kappa shape index (κ2) is 15.8.